The van der Waals surface area contributed by atoms with Crippen LogP contribution in [0.2, 0.25) is 0 Å². The summed E-state index contributed by atoms with van der Waals surface area (Å²) in [5.41, 5.74) is 2.90. The van der Waals surface area contributed by atoms with E-state index in [2.05, 4.69) is 28.5 Å². The summed E-state index contributed by atoms with van der Waals surface area (Å²) >= 11 is 1.51. The number of nitrogens with zero attached hydrogens (tertiary/aromatic N) is 4. The minimum Gasteiger partial charge on any atom is -0.323 e. The minimum absolute atomic E-state index is 0.0912. The van der Waals surface area contributed by atoms with Crippen LogP contribution in [0.4, 0.5) is 0 Å². The first-order valence-electron chi connectivity index (χ1n) is 7.21. The molecule has 0 N–H and O–H groups in total. The molecule has 21 heavy (non-hydrogen) atoms. The van der Waals surface area contributed by atoms with Gasteiger partial charge in [-0.25, -0.2) is 4.98 Å². The molecule has 0 saturated carbocycles. The van der Waals surface area contributed by atoms with E-state index >= 15 is 0 Å². The van der Waals surface area contributed by atoms with E-state index in [0.29, 0.717) is 11.3 Å². The highest BCUT2D eigenvalue weighted by Gasteiger charge is 2.14. The van der Waals surface area contributed by atoms with Crippen molar-refractivity contribution >= 4 is 17.5 Å². The Kier molecular flexibility index (Phi) is 5.22. The van der Waals surface area contributed by atoms with Crippen LogP contribution in [0.3, 0.4) is 0 Å². The molecule has 0 amide bonds. The third-order valence-corrected chi connectivity index (χ3v) is 4.49. The maximum Gasteiger partial charge on any atom is 0.176 e. The van der Waals surface area contributed by atoms with Gasteiger partial charge in [0.1, 0.15) is 0 Å². The van der Waals surface area contributed by atoms with Gasteiger partial charge in [-0.2, -0.15) is 5.10 Å². The lowest BCUT2D eigenvalue weighted by atomic mass is 10.3. The van der Waals surface area contributed by atoms with E-state index < -0.39 is 0 Å². The SMILES string of the molecule is CCCCn1c(SCC(=O)c2cnn(C)c2)nc(C)c1C. The smallest absolute Gasteiger partial charge is 0.176 e. The van der Waals surface area contributed by atoms with Crippen molar-refractivity contribution in [3.8, 4) is 0 Å². The molecule has 2 heterocycles. The minimum atomic E-state index is 0.0912. The zero-order valence-electron chi connectivity index (χ0n) is 13.1. The normalized spacial score (nSPS) is 11.0. The molecule has 2 aromatic heterocycles. The molecule has 0 bridgehead atoms. The van der Waals surface area contributed by atoms with Crippen molar-refractivity contribution in [2.75, 3.05) is 5.75 Å². The first kappa shape index (κ1) is 15.8. The fourth-order valence-corrected chi connectivity index (χ4v) is 3.10. The fraction of sp³-hybridized carbons (Fsp3) is 0.533. The van der Waals surface area contributed by atoms with Gasteiger partial charge in [-0.1, -0.05) is 25.1 Å². The van der Waals surface area contributed by atoms with E-state index in [1.54, 1.807) is 17.1 Å². The summed E-state index contributed by atoms with van der Waals surface area (Å²) in [4.78, 5) is 16.7. The molecule has 0 radical (unpaired) electrons. The molecular formula is C15H22N4OS. The Morgan fingerprint density at radius 1 is 1.38 bits per heavy atom. The lowest BCUT2D eigenvalue weighted by molar-refractivity contribution is 0.102. The third-order valence-electron chi connectivity index (χ3n) is 3.52. The molecule has 0 aliphatic heterocycles. The maximum absolute atomic E-state index is 12.1. The summed E-state index contributed by atoms with van der Waals surface area (Å²) in [6.45, 7) is 7.25. The predicted octanol–water partition coefficient (Wildman–Crippen LogP) is 3.01. The lowest BCUT2D eigenvalue weighted by Gasteiger charge is -2.08. The van der Waals surface area contributed by atoms with Gasteiger partial charge >= 0.3 is 0 Å². The van der Waals surface area contributed by atoms with Gasteiger partial charge in [-0.3, -0.25) is 9.48 Å². The quantitative estimate of drug-likeness (QED) is 0.583. The molecule has 2 aromatic rings. The van der Waals surface area contributed by atoms with Crippen molar-refractivity contribution in [3.05, 3.63) is 29.3 Å². The summed E-state index contributed by atoms with van der Waals surface area (Å²) in [5.74, 6) is 0.488. The Hall–Kier alpha value is -1.56. The average Bonchev–Trinajstić information content (AvgIpc) is 3.00. The van der Waals surface area contributed by atoms with E-state index in [4.69, 9.17) is 0 Å². The van der Waals surface area contributed by atoms with Gasteiger partial charge in [-0.05, 0) is 20.3 Å². The monoisotopic (exact) mass is 306 g/mol. The number of carbonyl (C=O) groups excluding carboxylic acids is 1. The fourth-order valence-electron chi connectivity index (χ4n) is 2.09. The number of ketones is 1. The largest absolute Gasteiger partial charge is 0.323 e. The molecular weight excluding hydrogens is 284 g/mol. The Morgan fingerprint density at radius 3 is 2.76 bits per heavy atom. The highest BCUT2D eigenvalue weighted by Crippen LogP contribution is 2.22. The van der Waals surface area contributed by atoms with Crippen LogP contribution in [0.1, 0.15) is 41.5 Å². The van der Waals surface area contributed by atoms with Gasteiger partial charge in [-0.15, -0.1) is 0 Å². The molecule has 0 aliphatic carbocycles. The summed E-state index contributed by atoms with van der Waals surface area (Å²) in [6.07, 6.45) is 5.64. The number of rotatable bonds is 7. The highest BCUT2D eigenvalue weighted by atomic mass is 32.2. The van der Waals surface area contributed by atoms with Gasteiger partial charge < -0.3 is 4.57 Å². The first-order valence-corrected chi connectivity index (χ1v) is 8.19. The van der Waals surface area contributed by atoms with Crippen molar-refractivity contribution in [1.29, 1.82) is 0 Å². The first-order chi connectivity index (χ1) is 10.0. The van der Waals surface area contributed by atoms with Gasteiger partial charge in [0, 0.05) is 25.5 Å². The van der Waals surface area contributed by atoms with Crippen LogP contribution in [0.25, 0.3) is 0 Å². The molecule has 0 fully saturated rings. The van der Waals surface area contributed by atoms with Crippen LogP contribution in [0.15, 0.2) is 17.6 Å². The summed E-state index contributed by atoms with van der Waals surface area (Å²) in [6, 6.07) is 0. The molecule has 2 rings (SSSR count). The van der Waals surface area contributed by atoms with Crippen LogP contribution in [-0.2, 0) is 13.6 Å². The molecule has 114 valence electrons. The Balaban J connectivity index is 2.05. The van der Waals surface area contributed by atoms with Crippen molar-refractivity contribution in [3.63, 3.8) is 0 Å². The number of thioether (sulfide) groups is 1. The van der Waals surface area contributed by atoms with E-state index in [1.165, 1.54) is 17.5 Å². The topological polar surface area (TPSA) is 52.7 Å². The van der Waals surface area contributed by atoms with Gasteiger partial charge in [0.2, 0.25) is 0 Å². The van der Waals surface area contributed by atoms with Crippen LogP contribution < -0.4 is 0 Å². The maximum atomic E-state index is 12.1. The molecule has 0 aliphatic rings. The summed E-state index contributed by atoms with van der Waals surface area (Å²) < 4.78 is 3.87. The van der Waals surface area contributed by atoms with E-state index in [9.17, 15) is 4.79 Å². The molecule has 0 saturated heterocycles. The molecule has 0 unspecified atom stereocenters. The van der Waals surface area contributed by atoms with Crippen molar-refractivity contribution in [2.45, 2.75) is 45.3 Å². The predicted molar refractivity (Wildman–Crippen MR) is 84.9 cm³/mol. The summed E-state index contributed by atoms with van der Waals surface area (Å²) in [5, 5.41) is 4.98. The van der Waals surface area contributed by atoms with Gasteiger partial charge in [0.05, 0.1) is 23.2 Å². The second kappa shape index (κ2) is 6.93. The van der Waals surface area contributed by atoms with E-state index in [-0.39, 0.29) is 5.78 Å². The Morgan fingerprint density at radius 2 is 2.14 bits per heavy atom. The van der Waals surface area contributed by atoms with E-state index in [0.717, 1.165) is 30.2 Å². The van der Waals surface area contributed by atoms with Crippen LogP contribution in [0.5, 0.6) is 0 Å². The van der Waals surface area contributed by atoms with Crippen LogP contribution >= 0.6 is 11.8 Å². The number of aromatic nitrogens is 4. The molecule has 5 nitrogen and oxygen atoms in total. The third kappa shape index (κ3) is 3.75. The number of hydrogen-bond donors (Lipinski definition) is 0. The van der Waals surface area contributed by atoms with E-state index in [1.807, 2.05) is 14.0 Å². The zero-order valence-corrected chi connectivity index (χ0v) is 13.9. The van der Waals surface area contributed by atoms with Crippen molar-refractivity contribution < 1.29 is 4.79 Å². The van der Waals surface area contributed by atoms with Crippen molar-refractivity contribution in [2.24, 2.45) is 7.05 Å². The lowest BCUT2D eigenvalue weighted by Crippen LogP contribution is -2.05. The van der Waals surface area contributed by atoms with Crippen LogP contribution in [0, 0.1) is 13.8 Å². The van der Waals surface area contributed by atoms with Crippen molar-refractivity contribution in [1.82, 2.24) is 19.3 Å². The second-order valence-electron chi connectivity index (χ2n) is 5.18. The molecule has 0 aromatic carbocycles. The number of imidazole rings is 1. The number of Topliss-reactive ketones (excluding diaryl/α,β-unsaturated/α-hetero) is 1. The number of hydrogen-bond acceptors (Lipinski definition) is 4. The molecule has 6 heteroatoms. The number of aryl methyl sites for hydroxylation is 2. The standard InChI is InChI=1S/C15H22N4OS/c1-5-6-7-19-12(3)11(2)17-15(19)21-10-14(20)13-8-16-18(4)9-13/h8-9H,5-7,10H2,1-4H3. The number of unbranched alkanes of at least 4 members (excludes halogenated alkanes) is 1. The Bertz CT molecular complexity index is 630. The molecule has 0 spiro atoms. The second-order valence-corrected chi connectivity index (χ2v) is 6.13. The molecule has 0 atom stereocenters. The van der Waals surface area contributed by atoms with Gasteiger partial charge in [0.25, 0.3) is 0 Å². The Labute approximate surface area is 129 Å². The highest BCUT2D eigenvalue weighted by molar-refractivity contribution is 7.99. The van der Waals surface area contributed by atoms with Crippen LogP contribution in [-0.4, -0.2) is 30.9 Å². The zero-order chi connectivity index (χ0) is 15.4. The van der Waals surface area contributed by atoms with Gasteiger partial charge in [0.15, 0.2) is 10.9 Å². The number of carbonyl (C=O) groups is 1. The summed E-state index contributed by atoms with van der Waals surface area (Å²) in [7, 11) is 1.81. The average molecular weight is 306 g/mol.